The Morgan fingerprint density at radius 2 is 1.69 bits per heavy atom. The largest absolute Gasteiger partial charge is 0.497 e. The van der Waals surface area contributed by atoms with Crippen LogP contribution in [0.1, 0.15) is 44.2 Å². The lowest BCUT2D eigenvalue weighted by molar-refractivity contribution is -0.140. The van der Waals surface area contributed by atoms with Gasteiger partial charge in [-0.15, -0.1) is 0 Å². The molecule has 3 aromatic rings. The second kappa shape index (κ2) is 15.3. The normalized spacial score (nSPS) is 12.0. The number of rotatable bonds is 14. The lowest BCUT2D eigenvalue weighted by atomic mass is 10.1. The molecule has 1 atom stereocenters. The lowest BCUT2D eigenvalue weighted by Crippen LogP contribution is -2.52. The van der Waals surface area contributed by atoms with Crippen LogP contribution in [-0.4, -0.2) is 51.4 Å². The van der Waals surface area contributed by atoms with Gasteiger partial charge in [0.15, 0.2) is 0 Å². The molecule has 0 aromatic heterocycles. The van der Waals surface area contributed by atoms with Crippen molar-refractivity contribution in [1.82, 2.24) is 10.2 Å². The van der Waals surface area contributed by atoms with Gasteiger partial charge >= 0.3 is 0 Å². The third-order valence-corrected chi connectivity index (χ3v) is 9.31. The van der Waals surface area contributed by atoms with Gasteiger partial charge in [-0.2, -0.15) is 0 Å². The van der Waals surface area contributed by atoms with Crippen molar-refractivity contribution in [3.8, 4) is 5.75 Å². The molecule has 42 heavy (non-hydrogen) atoms. The molecule has 1 unspecified atom stereocenters. The Hall–Kier alpha value is -3.27. The number of methoxy groups -OCH3 is 1. The first-order valence-corrected chi connectivity index (χ1v) is 16.0. The van der Waals surface area contributed by atoms with Crippen molar-refractivity contribution in [2.75, 3.05) is 24.5 Å². The van der Waals surface area contributed by atoms with Crippen LogP contribution in [0.2, 0.25) is 10.0 Å². The van der Waals surface area contributed by atoms with Crippen LogP contribution in [0, 0.1) is 6.92 Å². The van der Waals surface area contributed by atoms with E-state index >= 15 is 0 Å². The molecular formula is C31H37Cl2N3O5S. The number of unbranched alkanes of at least 4 members (excludes halogenated alkanes) is 1. The van der Waals surface area contributed by atoms with E-state index in [-0.39, 0.29) is 33.1 Å². The van der Waals surface area contributed by atoms with E-state index in [1.54, 1.807) is 37.4 Å². The zero-order chi connectivity index (χ0) is 30.9. The summed E-state index contributed by atoms with van der Waals surface area (Å²) in [6, 6.07) is 17.1. The van der Waals surface area contributed by atoms with E-state index in [1.807, 2.05) is 26.8 Å². The van der Waals surface area contributed by atoms with Gasteiger partial charge in [0, 0.05) is 13.1 Å². The Bertz CT molecular complexity index is 1480. The van der Waals surface area contributed by atoms with Gasteiger partial charge in [-0.25, -0.2) is 8.42 Å². The van der Waals surface area contributed by atoms with E-state index in [0.29, 0.717) is 18.7 Å². The van der Waals surface area contributed by atoms with E-state index < -0.39 is 28.5 Å². The Balaban J connectivity index is 2.07. The maximum atomic E-state index is 14.2. The molecule has 3 rings (SSSR count). The number of hydrogen-bond acceptors (Lipinski definition) is 5. The van der Waals surface area contributed by atoms with Crippen molar-refractivity contribution in [2.45, 2.75) is 57.5 Å². The van der Waals surface area contributed by atoms with E-state index in [0.717, 1.165) is 28.3 Å². The zero-order valence-corrected chi connectivity index (χ0v) is 26.6. The topological polar surface area (TPSA) is 96.0 Å². The van der Waals surface area contributed by atoms with Crippen LogP contribution in [0.15, 0.2) is 71.6 Å². The van der Waals surface area contributed by atoms with Gasteiger partial charge < -0.3 is 15.0 Å². The van der Waals surface area contributed by atoms with Crippen LogP contribution in [0.4, 0.5) is 5.69 Å². The third kappa shape index (κ3) is 8.40. The number of halogens is 2. The highest BCUT2D eigenvalue weighted by molar-refractivity contribution is 7.92. The van der Waals surface area contributed by atoms with Gasteiger partial charge in [-0.1, -0.05) is 73.3 Å². The first-order valence-electron chi connectivity index (χ1n) is 13.8. The summed E-state index contributed by atoms with van der Waals surface area (Å²) < 4.78 is 34.3. The highest BCUT2D eigenvalue weighted by Gasteiger charge is 2.34. The number of amides is 2. The van der Waals surface area contributed by atoms with Crippen LogP contribution in [0.5, 0.6) is 5.75 Å². The second-order valence-electron chi connectivity index (χ2n) is 9.86. The van der Waals surface area contributed by atoms with Gasteiger partial charge in [0.25, 0.3) is 10.0 Å². The molecule has 226 valence electrons. The van der Waals surface area contributed by atoms with Crippen LogP contribution < -0.4 is 14.4 Å². The first-order chi connectivity index (χ1) is 20.0. The molecule has 1 N–H and O–H groups in total. The number of sulfonamides is 1. The zero-order valence-electron chi connectivity index (χ0n) is 24.3. The van der Waals surface area contributed by atoms with E-state index in [2.05, 4.69) is 5.32 Å². The van der Waals surface area contributed by atoms with E-state index in [4.69, 9.17) is 27.9 Å². The Kier molecular flexibility index (Phi) is 12.1. The van der Waals surface area contributed by atoms with E-state index in [9.17, 15) is 18.0 Å². The molecule has 0 bridgehead atoms. The molecule has 3 aromatic carbocycles. The summed E-state index contributed by atoms with van der Waals surface area (Å²) in [6.45, 7) is 5.66. The highest BCUT2D eigenvalue weighted by Crippen LogP contribution is 2.31. The van der Waals surface area contributed by atoms with Crippen LogP contribution in [0.3, 0.4) is 0 Å². The van der Waals surface area contributed by atoms with Crippen LogP contribution >= 0.6 is 23.2 Å². The average molecular weight is 635 g/mol. The summed E-state index contributed by atoms with van der Waals surface area (Å²) in [4.78, 5) is 28.9. The third-order valence-electron chi connectivity index (χ3n) is 6.78. The number of nitrogens with one attached hydrogen (secondary N) is 1. The van der Waals surface area contributed by atoms with Crippen LogP contribution in [0.25, 0.3) is 0 Å². The number of aryl methyl sites for hydroxylation is 1. The molecule has 2 amide bonds. The predicted molar refractivity (Wildman–Crippen MR) is 168 cm³/mol. The number of benzene rings is 3. The molecule has 0 aliphatic heterocycles. The fourth-order valence-electron chi connectivity index (χ4n) is 4.40. The summed E-state index contributed by atoms with van der Waals surface area (Å²) in [6.07, 6.45) is 2.02. The number of ether oxygens (including phenoxy) is 1. The molecule has 0 saturated carbocycles. The second-order valence-corrected chi connectivity index (χ2v) is 12.5. The maximum Gasteiger partial charge on any atom is 0.264 e. The predicted octanol–water partition coefficient (Wildman–Crippen LogP) is 6.23. The molecule has 0 aliphatic rings. The Morgan fingerprint density at radius 1 is 0.976 bits per heavy atom. The standard InChI is InChI=1S/C31H37Cl2N3O5S/c1-5-7-17-34-31(38)29(6-2)35(20-23-9-8-10-25(18-23)41-4)30(37)21-36(24-13-16-27(32)28(33)19-24)42(39,40)26-14-11-22(3)12-15-26/h8-16,18-19,29H,5-7,17,20-21H2,1-4H3,(H,34,38). The average Bonchev–Trinajstić information content (AvgIpc) is 2.97. The molecule has 8 nitrogen and oxygen atoms in total. The van der Waals surface area contributed by atoms with Gasteiger partial charge in [0.05, 0.1) is 27.7 Å². The minimum absolute atomic E-state index is 0.00988. The summed E-state index contributed by atoms with van der Waals surface area (Å²) in [7, 11) is -2.67. The summed E-state index contributed by atoms with van der Waals surface area (Å²) >= 11 is 12.4. The number of hydrogen-bond donors (Lipinski definition) is 1. The fourth-order valence-corrected chi connectivity index (χ4v) is 6.10. The maximum absolute atomic E-state index is 14.2. The van der Waals surface area contributed by atoms with Crippen molar-refractivity contribution in [2.24, 2.45) is 0 Å². The molecular weight excluding hydrogens is 597 g/mol. The summed E-state index contributed by atoms with van der Waals surface area (Å²) in [5.41, 5.74) is 1.78. The molecule has 11 heteroatoms. The van der Waals surface area contributed by atoms with E-state index in [1.165, 1.54) is 35.2 Å². The van der Waals surface area contributed by atoms with Crippen molar-refractivity contribution >= 4 is 50.7 Å². The highest BCUT2D eigenvalue weighted by atomic mass is 35.5. The first kappa shape index (κ1) is 33.2. The van der Waals surface area contributed by atoms with Crippen molar-refractivity contribution < 1.29 is 22.7 Å². The van der Waals surface area contributed by atoms with Crippen LogP contribution in [-0.2, 0) is 26.2 Å². The Labute approximate surface area is 258 Å². The van der Waals surface area contributed by atoms with Gasteiger partial charge in [-0.05, 0) is 67.8 Å². The van der Waals surface area contributed by atoms with Gasteiger partial charge in [0.1, 0.15) is 18.3 Å². The monoisotopic (exact) mass is 633 g/mol. The molecule has 0 fully saturated rings. The minimum atomic E-state index is -4.22. The molecule has 0 saturated heterocycles. The molecule has 0 radical (unpaired) electrons. The minimum Gasteiger partial charge on any atom is -0.497 e. The van der Waals surface area contributed by atoms with Crippen molar-refractivity contribution in [3.05, 3.63) is 87.9 Å². The van der Waals surface area contributed by atoms with Gasteiger partial charge in [0.2, 0.25) is 11.8 Å². The number of anilines is 1. The smallest absolute Gasteiger partial charge is 0.264 e. The lowest BCUT2D eigenvalue weighted by Gasteiger charge is -2.33. The molecule has 0 heterocycles. The Morgan fingerprint density at radius 3 is 2.31 bits per heavy atom. The number of carbonyl (C=O) groups excluding carboxylic acids is 2. The number of carbonyl (C=O) groups is 2. The quantitative estimate of drug-likeness (QED) is 0.212. The van der Waals surface area contributed by atoms with Crippen molar-refractivity contribution in [3.63, 3.8) is 0 Å². The van der Waals surface area contributed by atoms with Gasteiger partial charge in [-0.3, -0.25) is 13.9 Å². The summed E-state index contributed by atoms with van der Waals surface area (Å²) in [5.74, 6) is -0.263. The molecule has 0 spiro atoms. The number of nitrogens with zero attached hydrogens (tertiary/aromatic N) is 2. The fraction of sp³-hybridized carbons (Fsp3) is 0.355. The molecule has 0 aliphatic carbocycles. The SMILES string of the molecule is CCCCNC(=O)C(CC)N(Cc1cccc(OC)c1)C(=O)CN(c1ccc(Cl)c(Cl)c1)S(=O)(=O)c1ccc(C)cc1. The van der Waals surface area contributed by atoms with Crippen molar-refractivity contribution in [1.29, 1.82) is 0 Å². The summed E-state index contributed by atoms with van der Waals surface area (Å²) in [5, 5.41) is 3.30.